The average Bonchev–Trinajstić information content (AvgIpc) is 2.99. The van der Waals surface area contributed by atoms with E-state index >= 15 is 0 Å². The van der Waals surface area contributed by atoms with Gasteiger partial charge < -0.3 is 9.64 Å². The average molecular weight is 360 g/mol. The molecule has 4 nitrogen and oxygen atoms in total. The summed E-state index contributed by atoms with van der Waals surface area (Å²) in [6, 6.07) is 11.6. The number of rotatable bonds is 5. The van der Waals surface area contributed by atoms with Gasteiger partial charge in [-0.15, -0.1) is 0 Å². The third-order valence-electron chi connectivity index (χ3n) is 3.70. The minimum absolute atomic E-state index is 0.532. The zero-order chi connectivity index (χ0) is 17.1. The Morgan fingerprint density at radius 3 is 2.92 bits per heavy atom. The fraction of sp³-hybridized carbons (Fsp3) is 0.222. The van der Waals surface area contributed by atoms with E-state index in [2.05, 4.69) is 16.3 Å². The summed E-state index contributed by atoms with van der Waals surface area (Å²) in [4.78, 5) is 6.48. The molecular formula is C18H18ClN3OS. The van der Waals surface area contributed by atoms with Crippen molar-refractivity contribution in [3.8, 4) is 10.8 Å². The van der Waals surface area contributed by atoms with Crippen LogP contribution in [0.25, 0.3) is 10.9 Å². The summed E-state index contributed by atoms with van der Waals surface area (Å²) in [6.45, 7) is 4.96. The second-order valence-electron chi connectivity index (χ2n) is 5.48. The molecule has 3 aromatic rings. The molecule has 0 aliphatic heterocycles. The molecule has 0 N–H and O–H groups in total. The Morgan fingerprint density at radius 2 is 2.12 bits per heavy atom. The number of nitrogens with zero attached hydrogens (tertiary/aromatic N) is 3. The van der Waals surface area contributed by atoms with Crippen LogP contribution in [0, 0.1) is 6.92 Å². The highest BCUT2D eigenvalue weighted by atomic mass is 35.5. The summed E-state index contributed by atoms with van der Waals surface area (Å²) in [5.74, 6) is 0.617. The van der Waals surface area contributed by atoms with Gasteiger partial charge in [-0.25, -0.2) is 4.99 Å². The van der Waals surface area contributed by atoms with Crippen LogP contribution in [0.15, 0.2) is 41.4 Å². The van der Waals surface area contributed by atoms with E-state index < -0.39 is 0 Å². The summed E-state index contributed by atoms with van der Waals surface area (Å²) in [6.07, 6.45) is 1.80. The number of benzene rings is 2. The van der Waals surface area contributed by atoms with Gasteiger partial charge in [0.1, 0.15) is 5.75 Å². The van der Waals surface area contributed by atoms with Crippen LogP contribution >= 0.6 is 23.1 Å². The minimum Gasteiger partial charge on any atom is -0.443 e. The number of fused-ring (bicyclic) bond motifs is 1. The Balaban J connectivity index is 1.89. The van der Waals surface area contributed by atoms with E-state index in [9.17, 15) is 0 Å². The normalized spacial score (nSPS) is 11.3. The second-order valence-corrected chi connectivity index (χ2v) is 6.62. The van der Waals surface area contributed by atoms with Crippen LogP contribution in [0.3, 0.4) is 0 Å². The van der Waals surface area contributed by atoms with Crippen LogP contribution in [0.5, 0.6) is 10.8 Å². The third-order valence-corrected chi connectivity index (χ3v) is 4.75. The van der Waals surface area contributed by atoms with E-state index in [1.54, 1.807) is 6.34 Å². The largest absolute Gasteiger partial charge is 0.443 e. The van der Waals surface area contributed by atoms with E-state index in [0.29, 0.717) is 10.8 Å². The molecule has 3 rings (SSSR count). The van der Waals surface area contributed by atoms with Crippen molar-refractivity contribution in [1.82, 2.24) is 9.27 Å². The first kappa shape index (κ1) is 16.7. The highest BCUT2D eigenvalue weighted by Crippen LogP contribution is 2.39. The van der Waals surface area contributed by atoms with Gasteiger partial charge in [-0.1, -0.05) is 23.7 Å². The van der Waals surface area contributed by atoms with Crippen LogP contribution in [-0.2, 0) is 0 Å². The predicted octanol–water partition coefficient (Wildman–Crippen LogP) is 5.66. The lowest BCUT2D eigenvalue weighted by atomic mass is 10.2. The Labute approximate surface area is 150 Å². The monoisotopic (exact) mass is 359 g/mol. The van der Waals surface area contributed by atoms with Gasteiger partial charge in [-0.3, -0.25) is 0 Å². The maximum absolute atomic E-state index is 6.39. The highest BCUT2D eigenvalue weighted by molar-refractivity contribution is 7.09. The van der Waals surface area contributed by atoms with Gasteiger partial charge in [-0.05, 0) is 43.7 Å². The number of hydrogen-bond acceptors (Lipinski definition) is 4. The van der Waals surface area contributed by atoms with Crippen LogP contribution in [0.2, 0.25) is 5.02 Å². The molecule has 0 saturated carbocycles. The van der Waals surface area contributed by atoms with Crippen LogP contribution < -0.4 is 4.74 Å². The van der Waals surface area contributed by atoms with Crippen LogP contribution in [0.1, 0.15) is 12.5 Å². The van der Waals surface area contributed by atoms with Crippen LogP contribution in [0.4, 0.5) is 5.69 Å². The SMILES string of the molecule is CCN(C)/C=N\c1cc(Cl)c(Oc2snc3ccccc23)cc1C. The topological polar surface area (TPSA) is 37.7 Å². The Bertz CT molecular complexity index is 891. The summed E-state index contributed by atoms with van der Waals surface area (Å²) in [5.41, 5.74) is 2.76. The lowest BCUT2D eigenvalue weighted by Gasteiger charge is -2.11. The van der Waals surface area contributed by atoms with E-state index in [1.807, 2.05) is 55.3 Å². The molecule has 2 aromatic carbocycles. The molecule has 0 aliphatic rings. The van der Waals surface area contributed by atoms with Crippen molar-refractivity contribution >= 4 is 46.1 Å². The Morgan fingerprint density at radius 1 is 1.33 bits per heavy atom. The molecule has 6 heteroatoms. The van der Waals surface area contributed by atoms with Gasteiger partial charge in [0, 0.05) is 25.1 Å². The summed E-state index contributed by atoms with van der Waals surface area (Å²) >= 11 is 7.72. The Hall–Kier alpha value is -2.11. The molecule has 0 radical (unpaired) electrons. The molecule has 0 aliphatic carbocycles. The molecule has 1 aromatic heterocycles. The number of aromatic nitrogens is 1. The predicted molar refractivity (Wildman–Crippen MR) is 102 cm³/mol. The lowest BCUT2D eigenvalue weighted by Crippen LogP contribution is -2.14. The van der Waals surface area contributed by atoms with Crippen molar-refractivity contribution in [3.05, 3.63) is 47.0 Å². The number of hydrogen-bond donors (Lipinski definition) is 0. The highest BCUT2D eigenvalue weighted by Gasteiger charge is 2.12. The fourth-order valence-electron chi connectivity index (χ4n) is 2.14. The maximum atomic E-state index is 6.39. The molecule has 124 valence electrons. The van der Waals surface area contributed by atoms with E-state index in [-0.39, 0.29) is 0 Å². The molecule has 0 bridgehead atoms. The molecule has 0 spiro atoms. The van der Waals surface area contributed by atoms with E-state index in [0.717, 1.165) is 33.8 Å². The summed E-state index contributed by atoms with van der Waals surface area (Å²) in [5, 5.41) is 2.26. The molecule has 0 atom stereocenters. The number of ether oxygens (including phenoxy) is 1. The van der Waals surface area contributed by atoms with Gasteiger partial charge >= 0.3 is 0 Å². The number of aliphatic imine (C=N–C) groups is 1. The van der Waals surface area contributed by atoms with Gasteiger partial charge in [0.15, 0.2) is 0 Å². The Kier molecular flexibility index (Phi) is 5.02. The molecule has 0 saturated heterocycles. The quantitative estimate of drug-likeness (QED) is 0.435. The van der Waals surface area contributed by atoms with Crippen molar-refractivity contribution < 1.29 is 4.74 Å². The summed E-state index contributed by atoms with van der Waals surface area (Å²) in [7, 11) is 1.98. The maximum Gasteiger partial charge on any atom is 0.208 e. The van der Waals surface area contributed by atoms with Gasteiger partial charge in [0.05, 0.1) is 28.0 Å². The first-order valence-electron chi connectivity index (χ1n) is 7.65. The number of halogens is 1. The third kappa shape index (κ3) is 3.52. The zero-order valence-corrected chi connectivity index (χ0v) is 15.4. The van der Waals surface area contributed by atoms with Crippen molar-refractivity contribution in [2.75, 3.05) is 13.6 Å². The summed E-state index contributed by atoms with van der Waals surface area (Å²) < 4.78 is 10.4. The molecule has 0 fully saturated rings. The van der Waals surface area contributed by atoms with Gasteiger partial charge in [-0.2, -0.15) is 4.37 Å². The standard InChI is InChI=1S/C18H18ClN3OS/c1-4-22(3)11-20-16-10-14(19)17(9-12(16)2)23-18-13-7-5-6-8-15(13)21-24-18/h5-11H,4H2,1-3H3/b20-11-. The van der Waals surface area contributed by atoms with Gasteiger partial charge in [0.2, 0.25) is 5.06 Å². The molecule has 0 amide bonds. The van der Waals surface area contributed by atoms with Crippen molar-refractivity contribution in [3.63, 3.8) is 0 Å². The first-order chi connectivity index (χ1) is 11.6. The minimum atomic E-state index is 0.532. The van der Waals surface area contributed by atoms with Crippen LogP contribution in [-0.4, -0.2) is 29.2 Å². The molecule has 24 heavy (non-hydrogen) atoms. The molecule has 1 heterocycles. The van der Waals surface area contributed by atoms with E-state index in [1.165, 1.54) is 11.5 Å². The molecular weight excluding hydrogens is 342 g/mol. The zero-order valence-electron chi connectivity index (χ0n) is 13.8. The van der Waals surface area contributed by atoms with Gasteiger partial charge in [0.25, 0.3) is 0 Å². The van der Waals surface area contributed by atoms with E-state index in [4.69, 9.17) is 16.3 Å². The molecule has 0 unspecified atom stereocenters. The number of aryl methyl sites for hydroxylation is 1. The second kappa shape index (κ2) is 7.20. The first-order valence-corrected chi connectivity index (χ1v) is 8.80. The van der Waals surface area contributed by atoms with Crippen molar-refractivity contribution in [1.29, 1.82) is 0 Å². The van der Waals surface area contributed by atoms with Crippen molar-refractivity contribution in [2.45, 2.75) is 13.8 Å². The fourth-order valence-corrected chi connectivity index (χ4v) is 3.08. The van der Waals surface area contributed by atoms with Crippen molar-refractivity contribution in [2.24, 2.45) is 4.99 Å². The lowest BCUT2D eigenvalue weighted by molar-refractivity contribution is 0.501. The smallest absolute Gasteiger partial charge is 0.208 e.